The molecule has 0 saturated carbocycles. The normalized spacial score (nSPS) is 24.2. The summed E-state index contributed by atoms with van der Waals surface area (Å²) in [4.78, 5) is 11.8. The molecule has 38 heavy (non-hydrogen) atoms. The van der Waals surface area contributed by atoms with E-state index in [4.69, 9.17) is 20.0 Å². The van der Waals surface area contributed by atoms with Crippen molar-refractivity contribution in [1.82, 2.24) is 28.8 Å². The van der Waals surface area contributed by atoms with Crippen LogP contribution < -0.4 is 15.0 Å². The largest absolute Gasteiger partial charge is 0.497 e. The molecule has 2 bridgehead atoms. The van der Waals surface area contributed by atoms with Crippen molar-refractivity contribution >= 4 is 38.7 Å². The molecule has 1 aromatic carbocycles. The van der Waals surface area contributed by atoms with Crippen LogP contribution in [-0.2, 0) is 10.2 Å². The zero-order valence-electron chi connectivity index (χ0n) is 21.6. The fourth-order valence-corrected chi connectivity index (χ4v) is 8.02. The van der Waals surface area contributed by atoms with Gasteiger partial charge in [0.15, 0.2) is 5.82 Å². The molecule has 2 atom stereocenters. The molecule has 2 unspecified atom stereocenters. The number of methoxy groups -OCH3 is 1. The molecule has 0 amide bonds. The second-order valence-corrected chi connectivity index (χ2v) is 12.3. The Kier molecular flexibility index (Phi) is 6.13. The summed E-state index contributed by atoms with van der Waals surface area (Å²) in [6, 6.07) is 9.70. The van der Waals surface area contributed by atoms with Crippen molar-refractivity contribution in [3.8, 4) is 11.8 Å². The molecule has 0 aliphatic carbocycles. The van der Waals surface area contributed by atoms with E-state index < -0.39 is 10.2 Å². The van der Waals surface area contributed by atoms with E-state index in [0.717, 1.165) is 29.4 Å². The van der Waals surface area contributed by atoms with Gasteiger partial charge in [-0.25, -0.2) is 4.98 Å². The topological polar surface area (TPSA) is 143 Å². The van der Waals surface area contributed by atoms with E-state index in [-0.39, 0.29) is 37.1 Å². The highest BCUT2D eigenvalue weighted by Gasteiger charge is 2.51. The number of nitriles is 1. The molecule has 0 spiro atoms. The van der Waals surface area contributed by atoms with Crippen molar-refractivity contribution in [3.05, 3.63) is 30.0 Å². The number of aryl methyl sites for hydroxylation is 1. The first-order valence-electron chi connectivity index (χ1n) is 12.8. The summed E-state index contributed by atoms with van der Waals surface area (Å²) in [6.07, 6.45) is 3.07. The van der Waals surface area contributed by atoms with E-state index in [1.54, 1.807) is 11.4 Å². The van der Waals surface area contributed by atoms with Crippen molar-refractivity contribution in [3.63, 3.8) is 0 Å². The number of aromatic nitrogens is 4. The predicted molar refractivity (Wildman–Crippen MR) is 142 cm³/mol. The summed E-state index contributed by atoms with van der Waals surface area (Å²) in [5.41, 5.74) is 1.67. The fourth-order valence-electron chi connectivity index (χ4n) is 5.88. The van der Waals surface area contributed by atoms with E-state index in [9.17, 15) is 8.42 Å². The molecule has 2 aromatic heterocycles. The third-order valence-electron chi connectivity index (χ3n) is 7.97. The van der Waals surface area contributed by atoms with Crippen LogP contribution in [0.25, 0.3) is 10.9 Å². The number of rotatable bonds is 7. The monoisotopic (exact) mass is 537 g/mol. The van der Waals surface area contributed by atoms with Gasteiger partial charge in [0.05, 0.1) is 24.6 Å². The highest BCUT2D eigenvalue weighted by Crippen LogP contribution is 2.42. The molecule has 0 radical (unpaired) electrons. The number of fused-ring (bicyclic) bond motifs is 3. The highest BCUT2D eigenvalue weighted by atomic mass is 32.2. The lowest BCUT2D eigenvalue weighted by Crippen LogP contribution is -2.60. The summed E-state index contributed by atoms with van der Waals surface area (Å²) in [5, 5.41) is 20.5. The van der Waals surface area contributed by atoms with Crippen LogP contribution in [0.15, 0.2) is 24.3 Å². The molecular weight excluding hydrogens is 506 g/mol. The van der Waals surface area contributed by atoms with Crippen LogP contribution in [0, 0.1) is 24.2 Å². The third-order valence-corrected chi connectivity index (χ3v) is 10.1. The highest BCUT2D eigenvalue weighted by molar-refractivity contribution is 7.86. The van der Waals surface area contributed by atoms with Gasteiger partial charge in [-0.2, -0.15) is 32.4 Å². The molecule has 3 aromatic rings. The summed E-state index contributed by atoms with van der Waals surface area (Å²) < 4.78 is 35.3. The predicted octanol–water partition coefficient (Wildman–Crippen LogP) is 2.55. The molecule has 3 aliphatic rings. The quantitative estimate of drug-likeness (QED) is 0.465. The van der Waals surface area contributed by atoms with Crippen LogP contribution in [0.1, 0.15) is 31.4 Å². The van der Waals surface area contributed by atoms with Crippen molar-refractivity contribution < 1.29 is 13.2 Å². The summed E-state index contributed by atoms with van der Waals surface area (Å²) >= 11 is 0. The van der Waals surface area contributed by atoms with Crippen LogP contribution >= 0.6 is 0 Å². The number of anilines is 3. The lowest BCUT2D eigenvalue weighted by Gasteiger charge is -2.45. The minimum atomic E-state index is -3.56. The van der Waals surface area contributed by atoms with E-state index in [1.165, 1.54) is 4.31 Å². The van der Waals surface area contributed by atoms with Gasteiger partial charge in [-0.1, -0.05) is 0 Å². The summed E-state index contributed by atoms with van der Waals surface area (Å²) in [6.45, 7) is 2.51. The molecule has 12 nitrogen and oxygen atoms in total. The molecule has 3 fully saturated rings. The van der Waals surface area contributed by atoms with Crippen molar-refractivity contribution in [2.75, 3.05) is 37.5 Å². The lowest BCUT2D eigenvalue weighted by atomic mass is 9.99. The number of piperidine rings is 1. The number of ether oxygens (including phenoxy) is 1. The van der Waals surface area contributed by atoms with Gasteiger partial charge in [-0.05, 0) is 44.7 Å². The minimum absolute atomic E-state index is 0.0717. The second-order valence-electron chi connectivity index (χ2n) is 10.4. The maximum absolute atomic E-state index is 13.3. The van der Waals surface area contributed by atoms with Crippen LogP contribution in [0.5, 0.6) is 5.75 Å². The first-order valence-corrected chi connectivity index (χ1v) is 14.2. The maximum Gasteiger partial charge on any atom is 0.282 e. The van der Waals surface area contributed by atoms with Gasteiger partial charge in [0.2, 0.25) is 5.95 Å². The Balaban J connectivity index is 1.27. The zero-order chi connectivity index (χ0) is 26.6. The Morgan fingerprint density at radius 2 is 1.92 bits per heavy atom. The van der Waals surface area contributed by atoms with Gasteiger partial charge < -0.3 is 15.0 Å². The molecule has 5 heterocycles. The van der Waals surface area contributed by atoms with Crippen molar-refractivity contribution in [2.24, 2.45) is 5.92 Å². The van der Waals surface area contributed by atoms with Crippen LogP contribution in [0.3, 0.4) is 0 Å². The van der Waals surface area contributed by atoms with Gasteiger partial charge >= 0.3 is 0 Å². The molecule has 3 saturated heterocycles. The van der Waals surface area contributed by atoms with Crippen molar-refractivity contribution in [2.45, 2.75) is 50.7 Å². The smallest absolute Gasteiger partial charge is 0.282 e. The first-order chi connectivity index (χ1) is 18.3. The van der Waals surface area contributed by atoms with Gasteiger partial charge in [-0.3, -0.25) is 5.10 Å². The van der Waals surface area contributed by atoms with E-state index in [0.29, 0.717) is 36.2 Å². The minimum Gasteiger partial charge on any atom is -0.497 e. The Labute approximate surface area is 221 Å². The van der Waals surface area contributed by atoms with Crippen LogP contribution in [0.4, 0.5) is 17.6 Å². The Hall–Kier alpha value is -3.47. The number of benzene rings is 1. The van der Waals surface area contributed by atoms with E-state index in [2.05, 4.69) is 26.5 Å². The maximum atomic E-state index is 13.3. The Bertz CT molecular complexity index is 1500. The third kappa shape index (κ3) is 4.22. The Morgan fingerprint density at radius 1 is 1.18 bits per heavy atom. The number of nitrogens with one attached hydrogen (secondary N) is 2. The SMILES string of the molecule is COc1ccc2c(Nc3cc(C)[nH]n3)nc(N(C)C3CC4CCC(C3)N4S(=O)(=O)N3CC(C#N)C3)nc2c1. The fraction of sp³-hybridized carbons (Fsp3) is 0.520. The van der Waals surface area contributed by atoms with E-state index >= 15 is 0 Å². The average molecular weight is 538 g/mol. The molecular formula is C25H31N9O3S. The molecule has 2 N–H and O–H groups in total. The van der Waals surface area contributed by atoms with Crippen LogP contribution in [-0.4, -0.2) is 82.6 Å². The number of H-pyrrole nitrogens is 1. The molecule has 200 valence electrons. The molecule has 3 aliphatic heterocycles. The van der Waals surface area contributed by atoms with Gasteiger partial charge in [-0.15, -0.1) is 0 Å². The lowest BCUT2D eigenvalue weighted by molar-refractivity contribution is 0.177. The standard InChI is InChI=1S/C25H31N9O3S/c1-15-8-23(31-30-15)28-24-21-7-6-20(37-3)11-22(21)27-25(29-24)32(2)19-9-17-4-5-18(10-19)34(17)38(35,36)33-13-16(12-26)14-33/h6-8,11,16-19H,4-5,9-10,13-14H2,1-3H3,(H2,27,28,29,30,31). The number of hydrogen-bond acceptors (Lipinski definition) is 9. The van der Waals surface area contributed by atoms with Gasteiger partial charge in [0, 0.05) is 61.5 Å². The number of hydrogen-bond donors (Lipinski definition) is 2. The number of nitrogens with zero attached hydrogens (tertiary/aromatic N) is 7. The number of aromatic amines is 1. The van der Waals surface area contributed by atoms with Gasteiger partial charge in [0.1, 0.15) is 11.6 Å². The molecule has 6 rings (SSSR count). The van der Waals surface area contributed by atoms with Gasteiger partial charge in [0.25, 0.3) is 10.2 Å². The Morgan fingerprint density at radius 3 is 2.55 bits per heavy atom. The first kappa shape index (κ1) is 24.8. The van der Waals surface area contributed by atoms with Crippen LogP contribution in [0.2, 0.25) is 0 Å². The summed E-state index contributed by atoms with van der Waals surface area (Å²) in [5.74, 6) is 2.35. The average Bonchev–Trinajstić information content (AvgIpc) is 3.41. The molecule has 13 heteroatoms. The second kappa shape index (κ2) is 9.37. The van der Waals surface area contributed by atoms with Crippen molar-refractivity contribution in [1.29, 1.82) is 5.26 Å². The zero-order valence-corrected chi connectivity index (χ0v) is 22.4. The van der Waals surface area contributed by atoms with E-state index in [1.807, 2.05) is 38.2 Å². The summed E-state index contributed by atoms with van der Waals surface area (Å²) in [7, 11) is 0.0397.